The fraction of sp³-hybridized carbons (Fsp3) is 0.625. The maximum Gasteiger partial charge on any atom is 0.119 e. The molecule has 0 aliphatic heterocycles. The van der Waals surface area contributed by atoms with Crippen LogP contribution in [0.4, 0.5) is 0 Å². The number of aliphatic hydroxyl groups is 1. The van der Waals surface area contributed by atoms with Gasteiger partial charge in [-0.05, 0) is 50.4 Å². The standard InChI is InChI=1S/C16H27NO2/c1-4-14-7-9-15(10-8-14)19-12-6-11-16(5-2,13-18)17-3/h7-10,17-18H,4-6,11-13H2,1-3H3. The molecular formula is C16H27NO2. The van der Waals surface area contributed by atoms with E-state index in [1.807, 2.05) is 19.2 Å². The SMILES string of the molecule is CCc1ccc(OCCCC(CC)(CO)NC)cc1. The van der Waals surface area contributed by atoms with Crippen LogP contribution >= 0.6 is 0 Å². The summed E-state index contributed by atoms with van der Waals surface area (Å²) in [5, 5.41) is 12.7. The van der Waals surface area contributed by atoms with Gasteiger partial charge < -0.3 is 15.2 Å². The molecule has 0 saturated carbocycles. The zero-order valence-corrected chi connectivity index (χ0v) is 12.4. The third-order valence-corrected chi connectivity index (χ3v) is 3.91. The van der Waals surface area contributed by atoms with E-state index in [4.69, 9.17) is 4.74 Å². The van der Waals surface area contributed by atoms with Crippen molar-refractivity contribution < 1.29 is 9.84 Å². The van der Waals surface area contributed by atoms with Crippen molar-refractivity contribution in [2.75, 3.05) is 20.3 Å². The number of ether oxygens (including phenoxy) is 1. The molecule has 1 rings (SSSR count). The van der Waals surface area contributed by atoms with Crippen LogP contribution in [0, 0.1) is 0 Å². The average molecular weight is 265 g/mol. The molecule has 0 aromatic heterocycles. The van der Waals surface area contributed by atoms with Crippen LogP contribution in [0.3, 0.4) is 0 Å². The highest BCUT2D eigenvalue weighted by molar-refractivity contribution is 5.27. The normalized spacial score (nSPS) is 14.1. The van der Waals surface area contributed by atoms with E-state index in [0.717, 1.165) is 31.4 Å². The van der Waals surface area contributed by atoms with Gasteiger partial charge in [-0.3, -0.25) is 0 Å². The van der Waals surface area contributed by atoms with E-state index in [-0.39, 0.29) is 12.1 Å². The molecule has 0 spiro atoms. The van der Waals surface area contributed by atoms with E-state index in [1.165, 1.54) is 5.56 Å². The van der Waals surface area contributed by atoms with Crippen molar-refractivity contribution >= 4 is 0 Å². The van der Waals surface area contributed by atoms with Crippen molar-refractivity contribution in [3.63, 3.8) is 0 Å². The van der Waals surface area contributed by atoms with Gasteiger partial charge in [0.25, 0.3) is 0 Å². The molecule has 3 nitrogen and oxygen atoms in total. The average Bonchev–Trinajstić information content (AvgIpc) is 2.49. The van der Waals surface area contributed by atoms with E-state index in [1.54, 1.807) is 0 Å². The molecule has 3 heteroatoms. The van der Waals surface area contributed by atoms with Crippen LogP contribution in [0.2, 0.25) is 0 Å². The van der Waals surface area contributed by atoms with Gasteiger partial charge in [0.2, 0.25) is 0 Å². The summed E-state index contributed by atoms with van der Waals surface area (Å²) < 4.78 is 5.72. The topological polar surface area (TPSA) is 41.5 Å². The van der Waals surface area contributed by atoms with Gasteiger partial charge in [-0.15, -0.1) is 0 Å². The Morgan fingerprint density at radius 1 is 1.21 bits per heavy atom. The summed E-state index contributed by atoms with van der Waals surface area (Å²) in [5.74, 6) is 0.924. The van der Waals surface area contributed by atoms with E-state index < -0.39 is 0 Å². The molecule has 0 aliphatic rings. The molecule has 19 heavy (non-hydrogen) atoms. The zero-order chi connectivity index (χ0) is 14.1. The maximum atomic E-state index is 9.45. The first-order valence-corrected chi connectivity index (χ1v) is 7.21. The van der Waals surface area contributed by atoms with Gasteiger partial charge in [-0.2, -0.15) is 0 Å². The molecule has 0 bridgehead atoms. The van der Waals surface area contributed by atoms with Crippen molar-refractivity contribution in [2.24, 2.45) is 0 Å². The quantitative estimate of drug-likeness (QED) is 0.675. The Morgan fingerprint density at radius 2 is 1.89 bits per heavy atom. The van der Waals surface area contributed by atoms with Crippen molar-refractivity contribution in [1.82, 2.24) is 5.32 Å². The number of aliphatic hydroxyl groups excluding tert-OH is 1. The minimum Gasteiger partial charge on any atom is -0.494 e. The molecule has 108 valence electrons. The maximum absolute atomic E-state index is 9.45. The number of aryl methyl sites for hydroxylation is 1. The first kappa shape index (κ1) is 16.0. The lowest BCUT2D eigenvalue weighted by Gasteiger charge is -2.30. The summed E-state index contributed by atoms with van der Waals surface area (Å²) >= 11 is 0. The Morgan fingerprint density at radius 3 is 2.37 bits per heavy atom. The number of hydrogen-bond acceptors (Lipinski definition) is 3. The molecule has 0 heterocycles. The van der Waals surface area contributed by atoms with E-state index in [2.05, 4.69) is 31.3 Å². The minimum absolute atomic E-state index is 0.157. The Labute approximate surface area is 117 Å². The fourth-order valence-electron chi connectivity index (χ4n) is 2.17. The molecule has 0 saturated heterocycles. The summed E-state index contributed by atoms with van der Waals surface area (Å²) in [6.07, 6.45) is 3.83. The third-order valence-electron chi connectivity index (χ3n) is 3.91. The Hall–Kier alpha value is -1.06. The van der Waals surface area contributed by atoms with Crippen LogP contribution in [0.1, 0.15) is 38.7 Å². The summed E-state index contributed by atoms with van der Waals surface area (Å²) in [5.41, 5.74) is 1.17. The van der Waals surface area contributed by atoms with Gasteiger partial charge in [0.05, 0.1) is 13.2 Å². The van der Waals surface area contributed by atoms with Gasteiger partial charge >= 0.3 is 0 Å². The van der Waals surface area contributed by atoms with Crippen molar-refractivity contribution in [3.05, 3.63) is 29.8 Å². The predicted molar refractivity (Wildman–Crippen MR) is 79.7 cm³/mol. The van der Waals surface area contributed by atoms with Crippen LogP contribution in [0.15, 0.2) is 24.3 Å². The highest BCUT2D eigenvalue weighted by atomic mass is 16.5. The third kappa shape index (κ3) is 4.84. The first-order valence-electron chi connectivity index (χ1n) is 7.21. The fourth-order valence-corrected chi connectivity index (χ4v) is 2.17. The molecular weight excluding hydrogens is 238 g/mol. The first-order chi connectivity index (χ1) is 9.19. The van der Waals surface area contributed by atoms with Gasteiger partial charge in [0.15, 0.2) is 0 Å². The Balaban J connectivity index is 2.33. The summed E-state index contributed by atoms with van der Waals surface area (Å²) in [7, 11) is 1.91. The highest BCUT2D eigenvalue weighted by Gasteiger charge is 2.24. The molecule has 0 fully saturated rings. The van der Waals surface area contributed by atoms with Crippen LogP contribution in [0.25, 0.3) is 0 Å². The minimum atomic E-state index is -0.157. The second-order valence-electron chi connectivity index (χ2n) is 4.99. The Bertz CT molecular complexity index is 336. The van der Waals surface area contributed by atoms with Crippen LogP contribution < -0.4 is 10.1 Å². The second-order valence-corrected chi connectivity index (χ2v) is 4.99. The summed E-state index contributed by atoms with van der Waals surface area (Å²) in [6.45, 7) is 5.10. The number of benzene rings is 1. The number of rotatable bonds is 9. The number of hydrogen-bond donors (Lipinski definition) is 2. The number of likely N-dealkylation sites (N-methyl/N-ethyl adjacent to an activating group) is 1. The molecule has 1 unspecified atom stereocenters. The van der Waals surface area contributed by atoms with E-state index in [0.29, 0.717) is 6.61 Å². The van der Waals surface area contributed by atoms with Crippen molar-refractivity contribution in [1.29, 1.82) is 0 Å². The highest BCUT2D eigenvalue weighted by Crippen LogP contribution is 2.17. The van der Waals surface area contributed by atoms with Gasteiger partial charge in [0.1, 0.15) is 5.75 Å². The van der Waals surface area contributed by atoms with Crippen molar-refractivity contribution in [3.8, 4) is 5.75 Å². The van der Waals surface area contributed by atoms with E-state index >= 15 is 0 Å². The zero-order valence-electron chi connectivity index (χ0n) is 12.4. The molecule has 1 aromatic rings. The second kappa shape index (κ2) is 8.18. The summed E-state index contributed by atoms with van der Waals surface area (Å²) in [4.78, 5) is 0. The van der Waals surface area contributed by atoms with Crippen LogP contribution in [0.5, 0.6) is 5.75 Å². The molecule has 0 radical (unpaired) electrons. The largest absolute Gasteiger partial charge is 0.494 e. The molecule has 0 amide bonds. The van der Waals surface area contributed by atoms with Crippen LogP contribution in [-0.4, -0.2) is 30.9 Å². The lowest BCUT2D eigenvalue weighted by molar-refractivity contribution is 0.145. The molecule has 1 aromatic carbocycles. The predicted octanol–water partition coefficient (Wildman–Crippen LogP) is 2.77. The Kier molecular flexibility index (Phi) is 6.89. The monoisotopic (exact) mass is 265 g/mol. The molecule has 1 atom stereocenters. The van der Waals surface area contributed by atoms with Crippen LogP contribution in [-0.2, 0) is 6.42 Å². The number of nitrogens with one attached hydrogen (secondary N) is 1. The van der Waals surface area contributed by atoms with E-state index in [9.17, 15) is 5.11 Å². The lowest BCUT2D eigenvalue weighted by atomic mass is 9.92. The van der Waals surface area contributed by atoms with Crippen molar-refractivity contribution in [2.45, 2.75) is 45.1 Å². The molecule has 0 aliphatic carbocycles. The smallest absolute Gasteiger partial charge is 0.119 e. The van der Waals surface area contributed by atoms with Gasteiger partial charge in [-0.25, -0.2) is 0 Å². The summed E-state index contributed by atoms with van der Waals surface area (Å²) in [6, 6.07) is 8.26. The molecule has 2 N–H and O–H groups in total. The van der Waals surface area contributed by atoms with Gasteiger partial charge in [0, 0.05) is 5.54 Å². The lowest BCUT2D eigenvalue weighted by Crippen LogP contribution is -2.46. The van der Waals surface area contributed by atoms with Gasteiger partial charge in [-0.1, -0.05) is 26.0 Å².